The molecule has 4 amide bonds. The number of pyridine rings is 3. The van der Waals surface area contributed by atoms with E-state index in [2.05, 4.69) is 69.8 Å². The molecule has 0 unspecified atom stereocenters. The molecule has 99 heavy (non-hydrogen) atoms. The number of halogens is 2. The van der Waals surface area contributed by atoms with Crippen molar-refractivity contribution in [2.24, 2.45) is 0 Å². The van der Waals surface area contributed by atoms with Crippen LogP contribution < -0.4 is 40.7 Å². The molecule has 0 radical (unpaired) electrons. The number of hydrogen-bond donors (Lipinski definition) is 4. The first-order chi connectivity index (χ1) is 48.0. The average molecular weight is 1320 g/mol. The number of aryl methyl sites for hydroxylation is 4. The van der Waals surface area contributed by atoms with E-state index in [1.54, 1.807) is 85.3 Å². The van der Waals surface area contributed by atoms with Crippen molar-refractivity contribution in [2.75, 3.05) is 56.1 Å². The molecule has 8 aromatic carbocycles. The highest BCUT2D eigenvalue weighted by molar-refractivity contribution is 6.06. The van der Waals surface area contributed by atoms with E-state index in [4.69, 9.17) is 4.74 Å². The molecule has 0 aliphatic rings. The summed E-state index contributed by atoms with van der Waals surface area (Å²) < 4.78 is 32.7. The molecule has 498 valence electrons. The van der Waals surface area contributed by atoms with Gasteiger partial charge in [0, 0.05) is 107 Å². The molecule has 17 nitrogen and oxygen atoms in total. The summed E-state index contributed by atoms with van der Waals surface area (Å²) >= 11 is 0. The molecule has 0 aliphatic carbocycles. The third-order valence-corrected chi connectivity index (χ3v) is 15.0. The number of aromatic nitrogens is 5. The van der Waals surface area contributed by atoms with Crippen LogP contribution in [0.3, 0.4) is 0 Å². The molecule has 19 heteroatoms. The van der Waals surface area contributed by atoms with Crippen molar-refractivity contribution in [2.45, 2.75) is 41.5 Å². The molecule has 0 fully saturated rings. The molecule has 12 aromatic rings. The maximum Gasteiger partial charge on any atom is 0.255 e. The van der Waals surface area contributed by atoms with Gasteiger partial charge in [-0.25, -0.2) is 18.7 Å². The number of nitrogens with zero attached hydrogens (tertiary/aromatic N) is 8. The first kappa shape index (κ1) is 70.5. The van der Waals surface area contributed by atoms with Gasteiger partial charge in [-0.05, 0) is 181 Å². The van der Waals surface area contributed by atoms with E-state index >= 15 is 0 Å². The van der Waals surface area contributed by atoms with Gasteiger partial charge in [-0.2, -0.15) is 0 Å². The van der Waals surface area contributed by atoms with Crippen LogP contribution in [0.1, 0.15) is 77.5 Å². The van der Waals surface area contributed by atoms with Crippen molar-refractivity contribution in [1.29, 1.82) is 0 Å². The monoisotopic (exact) mass is 1320 g/mol. The van der Waals surface area contributed by atoms with Gasteiger partial charge in [-0.3, -0.25) is 34.1 Å². The minimum atomic E-state index is -0.476. The standard InChI is InChI=1S/2C21H21N3O.C19H17FN4O.C19H15FN2O2/c2*1-3-24(20-11-6-12-22-15-20)19-10-5-9-18(14-19)23-21(25)17-8-4-7-16(2)13-17;1-13-4-3-5-14(6-13)19(25)23-16-7-15(20)8-17(9-16)24(2)18-10-21-12-22-11-18;1-13-4-2-5-14(8-13)19(23)22-16-6-3-7-17(10-16)24-18-9-15(20)11-21-12-18/h2*4-15H,3H2,1-2H3,(H,23,25);3-12H,1-2H3,(H,23,25);2-12H,1H3,(H,22,23). The Balaban J connectivity index is 0.000000154. The van der Waals surface area contributed by atoms with E-state index in [9.17, 15) is 28.0 Å². The number of carbonyl (C=O) groups is 4. The van der Waals surface area contributed by atoms with E-state index < -0.39 is 11.6 Å². The zero-order valence-corrected chi connectivity index (χ0v) is 55.8. The summed E-state index contributed by atoms with van der Waals surface area (Å²) in [6, 6.07) is 65.7. The summed E-state index contributed by atoms with van der Waals surface area (Å²) in [6.07, 6.45) is 14.4. The predicted octanol–water partition coefficient (Wildman–Crippen LogP) is 18.1. The lowest BCUT2D eigenvalue weighted by atomic mass is 10.1. The van der Waals surface area contributed by atoms with Crippen LogP contribution in [-0.4, -0.2) is 68.7 Å². The van der Waals surface area contributed by atoms with E-state index in [1.807, 2.05) is 192 Å². The highest BCUT2D eigenvalue weighted by Gasteiger charge is 2.16. The summed E-state index contributed by atoms with van der Waals surface area (Å²) in [7, 11) is 1.78. The summed E-state index contributed by atoms with van der Waals surface area (Å²) in [5.41, 5.74) is 14.4. The Labute approximate surface area is 574 Å². The van der Waals surface area contributed by atoms with E-state index in [1.165, 1.54) is 30.7 Å². The van der Waals surface area contributed by atoms with E-state index in [0.29, 0.717) is 50.8 Å². The Kier molecular flexibility index (Phi) is 25.0. The van der Waals surface area contributed by atoms with Gasteiger partial charge in [-0.1, -0.05) is 89.0 Å². The third kappa shape index (κ3) is 21.1. The number of ether oxygens (including phenoxy) is 1. The molecular formula is C80H74F2N12O5. The summed E-state index contributed by atoms with van der Waals surface area (Å²) in [5, 5.41) is 11.5. The molecule has 12 rings (SSSR count). The first-order valence-corrected chi connectivity index (χ1v) is 31.7. The van der Waals surface area contributed by atoms with Crippen LogP contribution in [0, 0.1) is 39.3 Å². The van der Waals surface area contributed by atoms with E-state index in [-0.39, 0.29) is 29.4 Å². The van der Waals surface area contributed by atoms with Crippen LogP contribution in [0.4, 0.5) is 65.7 Å². The van der Waals surface area contributed by atoms with Gasteiger partial charge in [0.05, 0.1) is 54.2 Å². The van der Waals surface area contributed by atoms with Gasteiger partial charge < -0.3 is 40.7 Å². The van der Waals surface area contributed by atoms with Crippen molar-refractivity contribution in [1.82, 2.24) is 24.9 Å². The van der Waals surface area contributed by atoms with Gasteiger partial charge in [0.2, 0.25) is 0 Å². The van der Waals surface area contributed by atoms with Crippen molar-refractivity contribution in [3.63, 3.8) is 0 Å². The van der Waals surface area contributed by atoms with Crippen molar-refractivity contribution in [3.8, 4) is 11.5 Å². The molecule has 0 aliphatic heterocycles. The average Bonchev–Trinajstić information content (AvgIpc) is 1.16. The van der Waals surface area contributed by atoms with Gasteiger partial charge in [-0.15, -0.1) is 0 Å². The van der Waals surface area contributed by atoms with Gasteiger partial charge >= 0.3 is 0 Å². The number of rotatable bonds is 18. The van der Waals surface area contributed by atoms with Crippen LogP contribution in [0.25, 0.3) is 0 Å². The summed E-state index contributed by atoms with van der Waals surface area (Å²) in [4.78, 5) is 75.6. The van der Waals surface area contributed by atoms with Crippen LogP contribution in [0.5, 0.6) is 11.5 Å². The topological polar surface area (TPSA) is 200 Å². The number of hydrogen-bond acceptors (Lipinski definition) is 13. The molecule has 0 saturated carbocycles. The Bertz CT molecular complexity index is 4540. The quantitative estimate of drug-likeness (QED) is 0.0633. The first-order valence-electron chi connectivity index (χ1n) is 31.7. The number of nitrogens with one attached hydrogen (secondary N) is 4. The van der Waals surface area contributed by atoms with Crippen LogP contribution in [-0.2, 0) is 0 Å². The molecule has 4 heterocycles. The lowest BCUT2D eigenvalue weighted by molar-refractivity contribution is 0.101. The van der Waals surface area contributed by atoms with Gasteiger partial charge in [0.25, 0.3) is 23.6 Å². The van der Waals surface area contributed by atoms with Crippen LogP contribution in [0.2, 0.25) is 0 Å². The molecule has 4 N–H and O–H groups in total. The highest BCUT2D eigenvalue weighted by atomic mass is 19.1. The molecule has 0 spiro atoms. The smallest absolute Gasteiger partial charge is 0.255 e. The second-order valence-electron chi connectivity index (χ2n) is 22.6. The van der Waals surface area contributed by atoms with Crippen molar-refractivity contribution >= 4 is 80.5 Å². The second kappa shape index (κ2) is 35.1. The largest absolute Gasteiger partial charge is 0.456 e. The fraction of sp³-hybridized carbons (Fsp3) is 0.113. The molecule has 0 bridgehead atoms. The normalized spacial score (nSPS) is 10.3. The fourth-order valence-corrected chi connectivity index (χ4v) is 10.2. The highest BCUT2D eigenvalue weighted by Crippen LogP contribution is 2.31. The number of benzene rings is 8. The van der Waals surface area contributed by atoms with Gasteiger partial charge in [0.1, 0.15) is 29.5 Å². The second-order valence-corrected chi connectivity index (χ2v) is 22.6. The van der Waals surface area contributed by atoms with Crippen LogP contribution >= 0.6 is 0 Å². The minimum Gasteiger partial charge on any atom is -0.456 e. The Morgan fingerprint density at radius 1 is 0.354 bits per heavy atom. The Hall–Kier alpha value is -12.8. The Morgan fingerprint density at radius 3 is 1.16 bits per heavy atom. The minimum absolute atomic E-state index is 0.106. The molecule has 4 aromatic heterocycles. The number of amides is 4. The number of anilines is 10. The fourth-order valence-electron chi connectivity index (χ4n) is 10.2. The van der Waals surface area contributed by atoms with Crippen LogP contribution in [0.15, 0.2) is 274 Å². The lowest BCUT2D eigenvalue weighted by Gasteiger charge is -2.23. The van der Waals surface area contributed by atoms with Gasteiger partial charge in [0.15, 0.2) is 0 Å². The SMILES string of the molecule is CCN(c1cccnc1)c1cccc(NC(=O)c2cccc(C)c2)c1.CCN(c1cccnc1)c1cccc(NC(=O)c2cccc(C)c2)c1.Cc1cccc(C(=O)Nc2cc(F)cc(N(C)c3cncnc3)c2)c1.Cc1cccc(C(=O)Nc2cccc(Oc3cncc(F)c3)c2)c1. The molecular weight excluding hydrogens is 1250 g/mol. The predicted molar refractivity (Wildman–Crippen MR) is 390 cm³/mol. The maximum atomic E-state index is 14.0. The molecule has 0 saturated heterocycles. The van der Waals surface area contributed by atoms with Crippen molar-refractivity contribution in [3.05, 3.63) is 330 Å². The Morgan fingerprint density at radius 2 is 0.747 bits per heavy atom. The van der Waals surface area contributed by atoms with Crippen molar-refractivity contribution < 1.29 is 32.7 Å². The maximum absolute atomic E-state index is 14.0. The zero-order valence-electron chi connectivity index (χ0n) is 55.8. The lowest BCUT2D eigenvalue weighted by Crippen LogP contribution is -2.17. The molecule has 0 atom stereocenters. The third-order valence-electron chi connectivity index (χ3n) is 15.0. The summed E-state index contributed by atoms with van der Waals surface area (Å²) in [5.74, 6) is -0.858. The summed E-state index contributed by atoms with van der Waals surface area (Å²) in [6.45, 7) is 13.6. The zero-order chi connectivity index (χ0) is 70.0. The van der Waals surface area contributed by atoms with E-state index in [0.717, 1.165) is 75.7 Å². The number of carbonyl (C=O) groups excluding carboxylic acids is 4.